The lowest BCUT2D eigenvalue weighted by molar-refractivity contribution is -0.385. The average Bonchev–Trinajstić information content (AvgIpc) is 2.84. The van der Waals surface area contributed by atoms with E-state index in [1.807, 2.05) is 0 Å². The summed E-state index contributed by atoms with van der Waals surface area (Å²) in [5.41, 5.74) is 0.755. The molecular weight excluding hydrogens is 296 g/mol. The molecule has 1 heterocycles. The first-order chi connectivity index (χ1) is 9.71. The van der Waals surface area contributed by atoms with Gasteiger partial charge in [0.15, 0.2) is 0 Å². The van der Waals surface area contributed by atoms with Gasteiger partial charge in [0.2, 0.25) is 10.0 Å². The topological polar surface area (TPSA) is 98.3 Å². The predicted molar refractivity (Wildman–Crippen MR) is 76.2 cm³/mol. The van der Waals surface area contributed by atoms with Crippen LogP contribution in [-0.2, 0) is 17.1 Å². The fourth-order valence-electron chi connectivity index (χ4n) is 1.79. The molecule has 1 aromatic carbocycles. The number of hydrogen-bond acceptors (Lipinski definition) is 5. The maximum Gasteiger partial charge on any atom is 0.271 e. The quantitative estimate of drug-likeness (QED) is 0.625. The van der Waals surface area contributed by atoms with Crippen LogP contribution in [0.2, 0.25) is 0 Å². The van der Waals surface area contributed by atoms with E-state index in [-0.39, 0.29) is 10.6 Å². The smallest absolute Gasteiger partial charge is 0.271 e. The van der Waals surface area contributed by atoms with Crippen LogP contribution in [0, 0.1) is 10.1 Å². The molecule has 0 fully saturated rings. The Bertz CT molecular complexity index is 795. The summed E-state index contributed by atoms with van der Waals surface area (Å²) in [6, 6.07) is 3.78. The second-order valence-corrected chi connectivity index (χ2v) is 6.81. The molecule has 0 N–H and O–H groups in total. The van der Waals surface area contributed by atoms with Crippen molar-refractivity contribution in [3.05, 3.63) is 40.7 Å². The molecule has 0 unspecified atom stereocenters. The molecule has 0 aliphatic carbocycles. The third kappa shape index (κ3) is 2.93. The zero-order valence-electron chi connectivity index (χ0n) is 11.7. The normalized spacial score (nSPS) is 11.8. The summed E-state index contributed by atoms with van der Waals surface area (Å²) < 4.78 is 26.9. The minimum absolute atomic E-state index is 0.124. The van der Waals surface area contributed by atoms with Crippen molar-refractivity contribution < 1.29 is 13.3 Å². The van der Waals surface area contributed by atoms with E-state index in [0.29, 0.717) is 11.1 Å². The predicted octanol–water partition coefficient (Wildman–Crippen LogP) is 1.25. The van der Waals surface area contributed by atoms with Crippen LogP contribution in [0.4, 0.5) is 5.69 Å². The van der Waals surface area contributed by atoms with E-state index in [1.165, 1.54) is 37.1 Å². The number of non-ortho nitro benzene ring substituents is 1. The van der Waals surface area contributed by atoms with E-state index in [4.69, 9.17) is 0 Å². The molecule has 0 spiro atoms. The molecule has 0 radical (unpaired) electrons. The number of benzene rings is 1. The number of nitro groups is 1. The molecular formula is C12H14N4O4S. The van der Waals surface area contributed by atoms with Crippen LogP contribution in [0.1, 0.15) is 0 Å². The van der Waals surface area contributed by atoms with Crippen molar-refractivity contribution in [1.29, 1.82) is 0 Å². The molecule has 2 rings (SSSR count). The van der Waals surface area contributed by atoms with Crippen molar-refractivity contribution in [2.75, 3.05) is 14.1 Å². The fraction of sp³-hybridized carbons (Fsp3) is 0.250. The van der Waals surface area contributed by atoms with Crippen LogP contribution >= 0.6 is 0 Å². The Kier molecular flexibility index (Phi) is 3.79. The van der Waals surface area contributed by atoms with Gasteiger partial charge in [-0.05, 0) is 11.6 Å². The molecule has 9 heteroatoms. The molecule has 0 bridgehead atoms. The van der Waals surface area contributed by atoms with Crippen LogP contribution in [0.15, 0.2) is 35.5 Å². The Hall–Kier alpha value is -2.26. The van der Waals surface area contributed by atoms with Gasteiger partial charge >= 0.3 is 0 Å². The summed E-state index contributed by atoms with van der Waals surface area (Å²) in [7, 11) is 0.698. The van der Waals surface area contributed by atoms with Gasteiger partial charge in [0.25, 0.3) is 5.69 Å². The zero-order chi connectivity index (χ0) is 15.8. The molecule has 8 nitrogen and oxygen atoms in total. The van der Waals surface area contributed by atoms with Crippen LogP contribution in [-0.4, -0.2) is 41.5 Å². The fourth-order valence-corrected chi connectivity index (χ4v) is 2.75. The molecule has 0 atom stereocenters. The van der Waals surface area contributed by atoms with Gasteiger partial charge in [0, 0.05) is 45.0 Å². The maximum atomic E-state index is 12.2. The molecule has 0 saturated carbocycles. The molecule has 0 saturated heterocycles. The van der Waals surface area contributed by atoms with Gasteiger partial charge in [-0.1, -0.05) is 0 Å². The monoisotopic (exact) mass is 310 g/mol. The Morgan fingerprint density at radius 2 is 1.90 bits per heavy atom. The summed E-state index contributed by atoms with van der Waals surface area (Å²) in [6.07, 6.45) is 3.18. The van der Waals surface area contributed by atoms with Crippen molar-refractivity contribution in [3.63, 3.8) is 0 Å². The molecule has 112 valence electrons. The number of aromatic nitrogens is 2. The standard InChI is InChI=1S/C12H14N4O4S/c1-14(2)21(19,20)12-5-9(4-11(6-12)16(17)18)10-7-13-15(3)8-10/h4-8H,1-3H3. The SMILES string of the molecule is CN(C)S(=O)(=O)c1cc(-c2cnn(C)c2)cc([N+](=O)[O-])c1. The Balaban J connectivity index is 2.68. The first kappa shape index (κ1) is 15.1. The maximum absolute atomic E-state index is 12.2. The first-order valence-electron chi connectivity index (χ1n) is 5.93. The van der Waals surface area contributed by atoms with Crippen LogP contribution in [0.5, 0.6) is 0 Å². The van der Waals surface area contributed by atoms with Crippen molar-refractivity contribution in [2.24, 2.45) is 7.05 Å². The minimum Gasteiger partial charge on any atom is -0.275 e. The average molecular weight is 310 g/mol. The molecule has 2 aromatic rings. The van der Waals surface area contributed by atoms with E-state index in [9.17, 15) is 18.5 Å². The first-order valence-corrected chi connectivity index (χ1v) is 7.37. The number of hydrogen-bond donors (Lipinski definition) is 0. The van der Waals surface area contributed by atoms with Gasteiger partial charge in [0.05, 0.1) is 16.0 Å². The van der Waals surface area contributed by atoms with E-state index in [1.54, 1.807) is 13.2 Å². The van der Waals surface area contributed by atoms with Gasteiger partial charge in [-0.15, -0.1) is 0 Å². The highest BCUT2D eigenvalue weighted by Crippen LogP contribution is 2.28. The van der Waals surface area contributed by atoms with Gasteiger partial charge in [-0.3, -0.25) is 14.8 Å². The van der Waals surface area contributed by atoms with Gasteiger partial charge in [-0.25, -0.2) is 12.7 Å². The highest BCUT2D eigenvalue weighted by molar-refractivity contribution is 7.89. The van der Waals surface area contributed by atoms with E-state index in [0.717, 1.165) is 10.4 Å². The largest absolute Gasteiger partial charge is 0.275 e. The van der Waals surface area contributed by atoms with Crippen molar-refractivity contribution in [3.8, 4) is 11.1 Å². The number of nitrogens with zero attached hydrogens (tertiary/aromatic N) is 4. The van der Waals surface area contributed by atoms with E-state index in [2.05, 4.69) is 5.10 Å². The molecule has 0 amide bonds. The lowest BCUT2D eigenvalue weighted by atomic mass is 10.1. The second-order valence-electron chi connectivity index (χ2n) is 4.66. The van der Waals surface area contributed by atoms with Crippen LogP contribution in [0.3, 0.4) is 0 Å². The Morgan fingerprint density at radius 3 is 2.38 bits per heavy atom. The number of aryl methyl sites for hydroxylation is 1. The third-order valence-corrected chi connectivity index (χ3v) is 4.71. The summed E-state index contributed by atoms with van der Waals surface area (Å²) >= 11 is 0. The summed E-state index contributed by atoms with van der Waals surface area (Å²) in [4.78, 5) is 10.3. The molecule has 21 heavy (non-hydrogen) atoms. The molecule has 1 aromatic heterocycles. The second kappa shape index (κ2) is 5.26. The minimum atomic E-state index is -3.75. The highest BCUT2D eigenvalue weighted by Gasteiger charge is 2.22. The lowest BCUT2D eigenvalue weighted by Crippen LogP contribution is -2.22. The summed E-state index contributed by atoms with van der Waals surface area (Å²) in [5, 5.41) is 15.0. The Labute approximate surface area is 121 Å². The number of sulfonamides is 1. The molecule has 0 aliphatic heterocycles. The van der Waals surface area contributed by atoms with Crippen LogP contribution in [0.25, 0.3) is 11.1 Å². The number of rotatable bonds is 4. The van der Waals surface area contributed by atoms with Gasteiger partial charge < -0.3 is 0 Å². The van der Waals surface area contributed by atoms with Crippen molar-refractivity contribution in [2.45, 2.75) is 4.90 Å². The summed E-state index contributed by atoms with van der Waals surface area (Å²) in [5.74, 6) is 0. The molecule has 0 aliphatic rings. The number of nitro benzene ring substituents is 1. The lowest BCUT2D eigenvalue weighted by Gasteiger charge is -2.12. The third-order valence-electron chi connectivity index (χ3n) is 2.92. The Morgan fingerprint density at radius 1 is 1.24 bits per heavy atom. The van der Waals surface area contributed by atoms with Crippen molar-refractivity contribution in [1.82, 2.24) is 14.1 Å². The zero-order valence-corrected chi connectivity index (χ0v) is 12.5. The summed E-state index contributed by atoms with van der Waals surface area (Å²) in [6.45, 7) is 0. The van der Waals surface area contributed by atoms with Gasteiger partial charge in [-0.2, -0.15) is 5.10 Å². The van der Waals surface area contributed by atoms with Crippen molar-refractivity contribution >= 4 is 15.7 Å². The van der Waals surface area contributed by atoms with E-state index < -0.39 is 14.9 Å². The highest BCUT2D eigenvalue weighted by atomic mass is 32.2. The van der Waals surface area contributed by atoms with Gasteiger partial charge in [0.1, 0.15) is 0 Å². The van der Waals surface area contributed by atoms with E-state index >= 15 is 0 Å². The van der Waals surface area contributed by atoms with Crippen LogP contribution < -0.4 is 0 Å².